The summed E-state index contributed by atoms with van der Waals surface area (Å²) in [4.78, 5) is 13.5. The number of aliphatic carboxylic acids is 1. The van der Waals surface area contributed by atoms with Crippen molar-refractivity contribution in [1.29, 1.82) is 0 Å². The Kier molecular flexibility index (Phi) is 7.63. The molecule has 2 aliphatic rings. The molecule has 2 aliphatic carbocycles. The quantitative estimate of drug-likeness (QED) is 0.467. The van der Waals surface area contributed by atoms with Gasteiger partial charge in [0.15, 0.2) is 0 Å². The van der Waals surface area contributed by atoms with Crippen LogP contribution < -0.4 is 4.74 Å². The molecule has 4 heteroatoms. The van der Waals surface area contributed by atoms with Crippen LogP contribution in [0.1, 0.15) is 84.1 Å². The lowest BCUT2D eigenvalue weighted by Gasteiger charge is -2.37. The number of benzene rings is 2. The van der Waals surface area contributed by atoms with Crippen molar-refractivity contribution in [3.05, 3.63) is 42.0 Å². The molecule has 4 rings (SSSR count). The van der Waals surface area contributed by atoms with Crippen molar-refractivity contribution < 1.29 is 14.6 Å². The first-order valence-corrected chi connectivity index (χ1v) is 12.9. The maximum absolute atomic E-state index is 11.1. The highest BCUT2D eigenvalue weighted by molar-refractivity contribution is 5.84. The molecule has 2 fully saturated rings. The van der Waals surface area contributed by atoms with Crippen LogP contribution in [0.25, 0.3) is 10.8 Å². The predicted molar refractivity (Wildman–Crippen MR) is 135 cm³/mol. The van der Waals surface area contributed by atoms with Gasteiger partial charge < -0.3 is 9.84 Å². The molecule has 0 heterocycles. The topological polar surface area (TPSA) is 49.8 Å². The van der Waals surface area contributed by atoms with Gasteiger partial charge in [0, 0.05) is 19.1 Å². The van der Waals surface area contributed by atoms with Crippen molar-refractivity contribution >= 4 is 16.7 Å². The Labute approximate surface area is 199 Å². The highest BCUT2D eigenvalue weighted by atomic mass is 16.5. The zero-order valence-corrected chi connectivity index (χ0v) is 20.7. The van der Waals surface area contributed by atoms with Gasteiger partial charge >= 0.3 is 5.97 Å². The van der Waals surface area contributed by atoms with E-state index >= 15 is 0 Å². The summed E-state index contributed by atoms with van der Waals surface area (Å²) in [6, 6.07) is 13.6. The van der Waals surface area contributed by atoms with Gasteiger partial charge in [0.2, 0.25) is 0 Å². The molecule has 0 bridgehead atoms. The van der Waals surface area contributed by atoms with Crippen molar-refractivity contribution in [1.82, 2.24) is 4.90 Å². The number of fused-ring (bicyclic) bond motifs is 1. The fraction of sp³-hybridized carbons (Fsp3) is 0.621. The lowest BCUT2D eigenvalue weighted by Crippen LogP contribution is -2.34. The Bertz CT molecular complexity index is 934. The van der Waals surface area contributed by atoms with Crippen LogP contribution in [0.15, 0.2) is 36.4 Å². The van der Waals surface area contributed by atoms with E-state index in [1.807, 2.05) is 0 Å². The molecule has 0 aliphatic heterocycles. The standard InChI is InChI=1S/C29H41NO3/c1-29(2,3)24-11-14-26(15-12-24)33-27-13-10-22-18-21(8-9-23(22)19-27)20-30(17-16-28(31)32)25-6-4-5-7-25/h8-10,13,18-19,24-26H,4-7,11-12,14-17,20H2,1-3H3,(H,31,32). The van der Waals surface area contributed by atoms with Gasteiger partial charge in [-0.15, -0.1) is 0 Å². The molecular weight excluding hydrogens is 410 g/mol. The van der Waals surface area contributed by atoms with Crippen LogP contribution in [0.4, 0.5) is 0 Å². The number of rotatable bonds is 8. The van der Waals surface area contributed by atoms with Gasteiger partial charge in [0.25, 0.3) is 0 Å². The lowest BCUT2D eigenvalue weighted by molar-refractivity contribution is -0.137. The minimum absolute atomic E-state index is 0.211. The van der Waals surface area contributed by atoms with Crippen LogP contribution in [-0.2, 0) is 11.3 Å². The summed E-state index contributed by atoms with van der Waals surface area (Å²) in [7, 11) is 0. The molecule has 0 saturated heterocycles. The lowest BCUT2D eigenvalue weighted by atomic mass is 9.72. The first kappa shape index (κ1) is 24.1. The smallest absolute Gasteiger partial charge is 0.304 e. The first-order chi connectivity index (χ1) is 15.8. The number of carbonyl (C=O) groups is 1. The van der Waals surface area contributed by atoms with E-state index in [0.717, 1.165) is 31.1 Å². The molecule has 0 spiro atoms. The van der Waals surface area contributed by atoms with E-state index < -0.39 is 5.97 Å². The monoisotopic (exact) mass is 451 g/mol. The molecule has 2 aromatic carbocycles. The summed E-state index contributed by atoms with van der Waals surface area (Å²) in [6.07, 6.45) is 10.2. The fourth-order valence-corrected chi connectivity index (χ4v) is 5.82. The van der Waals surface area contributed by atoms with E-state index in [1.165, 1.54) is 54.9 Å². The summed E-state index contributed by atoms with van der Waals surface area (Å²) < 4.78 is 6.38. The highest BCUT2D eigenvalue weighted by Crippen LogP contribution is 2.39. The SMILES string of the molecule is CC(C)(C)C1CCC(Oc2ccc3cc(CN(CCC(=O)O)C4CCCC4)ccc3c2)CC1. The minimum Gasteiger partial charge on any atom is -0.490 e. The Hall–Kier alpha value is -2.07. The largest absolute Gasteiger partial charge is 0.490 e. The van der Waals surface area contributed by atoms with E-state index in [9.17, 15) is 4.79 Å². The van der Waals surface area contributed by atoms with Crippen molar-refractivity contribution in [3.63, 3.8) is 0 Å². The average Bonchev–Trinajstić information content (AvgIpc) is 3.31. The maximum atomic E-state index is 11.1. The third-order valence-electron chi connectivity index (χ3n) is 7.92. The van der Waals surface area contributed by atoms with Crippen LogP contribution >= 0.6 is 0 Å². The summed E-state index contributed by atoms with van der Waals surface area (Å²) in [5, 5.41) is 11.6. The number of ether oxygens (including phenoxy) is 1. The first-order valence-electron chi connectivity index (χ1n) is 12.9. The van der Waals surface area contributed by atoms with Gasteiger partial charge in [-0.1, -0.05) is 51.8 Å². The van der Waals surface area contributed by atoms with Gasteiger partial charge in [-0.05, 0) is 84.4 Å². The van der Waals surface area contributed by atoms with Gasteiger partial charge in [-0.3, -0.25) is 9.69 Å². The second kappa shape index (κ2) is 10.5. The molecule has 0 atom stereocenters. The van der Waals surface area contributed by atoms with Gasteiger partial charge in [0.1, 0.15) is 5.75 Å². The van der Waals surface area contributed by atoms with Crippen LogP contribution in [-0.4, -0.2) is 34.7 Å². The molecular formula is C29H41NO3. The molecule has 33 heavy (non-hydrogen) atoms. The second-order valence-corrected chi connectivity index (χ2v) is 11.4. The summed E-state index contributed by atoms with van der Waals surface area (Å²) in [6.45, 7) is 8.52. The number of nitrogens with zero attached hydrogens (tertiary/aromatic N) is 1. The zero-order valence-electron chi connectivity index (χ0n) is 20.7. The van der Waals surface area contributed by atoms with Crippen LogP contribution in [0.3, 0.4) is 0 Å². The molecule has 0 aromatic heterocycles. The van der Waals surface area contributed by atoms with E-state index in [4.69, 9.17) is 9.84 Å². The highest BCUT2D eigenvalue weighted by Gasteiger charge is 2.30. The molecule has 2 saturated carbocycles. The minimum atomic E-state index is -0.712. The van der Waals surface area contributed by atoms with Crippen molar-refractivity contribution in [3.8, 4) is 5.75 Å². The molecule has 2 aromatic rings. The molecule has 0 amide bonds. The van der Waals surface area contributed by atoms with E-state index in [0.29, 0.717) is 24.1 Å². The number of carboxylic acids is 1. The van der Waals surface area contributed by atoms with Gasteiger partial charge in [0.05, 0.1) is 12.5 Å². The molecule has 0 radical (unpaired) electrons. The fourth-order valence-electron chi connectivity index (χ4n) is 5.82. The number of hydrogen-bond donors (Lipinski definition) is 1. The van der Waals surface area contributed by atoms with E-state index in [2.05, 4.69) is 62.1 Å². The molecule has 180 valence electrons. The van der Waals surface area contributed by atoms with Crippen molar-refractivity contribution in [2.45, 2.75) is 97.2 Å². The van der Waals surface area contributed by atoms with Crippen LogP contribution in [0.5, 0.6) is 5.75 Å². The Morgan fingerprint density at radius 1 is 0.970 bits per heavy atom. The molecule has 1 N–H and O–H groups in total. The third-order valence-corrected chi connectivity index (χ3v) is 7.92. The molecule has 4 nitrogen and oxygen atoms in total. The summed E-state index contributed by atoms with van der Waals surface area (Å²) >= 11 is 0. The predicted octanol–water partition coefficient (Wildman–Crippen LogP) is 7.04. The molecule has 0 unspecified atom stereocenters. The summed E-state index contributed by atoms with van der Waals surface area (Å²) in [5.74, 6) is 1.06. The third kappa shape index (κ3) is 6.50. The van der Waals surface area contributed by atoms with Gasteiger partial charge in [-0.25, -0.2) is 0 Å². The average molecular weight is 452 g/mol. The summed E-state index contributed by atoms with van der Waals surface area (Å²) in [5.41, 5.74) is 1.65. The van der Waals surface area contributed by atoms with E-state index in [-0.39, 0.29) is 6.42 Å². The zero-order chi connectivity index (χ0) is 23.4. The van der Waals surface area contributed by atoms with Gasteiger partial charge in [-0.2, -0.15) is 0 Å². The van der Waals surface area contributed by atoms with Crippen LogP contribution in [0, 0.1) is 11.3 Å². The number of hydrogen-bond acceptors (Lipinski definition) is 3. The Morgan fingerprint density at radius 3 is 2.30 bits per heavy atom. The van der Waals surface area contributed by atoms with Crippen LogP contribution in [0.2, 0.25) is 0 Å². The Balaban J connectivity index is 1.39. The van der Waals surface area contributed by atoms with E-state index in [1.54, 1.807) is 0 Å². The second-order valence-electron chi connectivity index (χ2n) is 11.4. The number of carboxylic acid groups (broad SMARTS) is 1. The van der Waals surface area contributed by atoms with Crippen molar-refractivity contribution in [2.24, 2.45) is 11.3 Å². The maximum Gasteiger partial charge on any atom is 0.304 e. The normalized spacial score (nSPS) is 22.2. The Morgan fingerprint density at radius 2 is 1.64 bits per heavy atom. The van der Waals surface area contributed by atoms with Crippen molar-refractivity contribution in [2.75, 3.05) is 6.54 Å².